The molecule has 0 aliphatic heterocycles. The second-order valence-corrected chi connectivity index (χ2v) is 3.16. The van der Waals surface area contributed by atoms with Crippen LogP contribution < -0.4 is 5.32 Å². The average Bonchev–Trinajstić information content (AvgIpc) is 2.59. The number of carboxylic acids is 1. The van der Waals surface area contributed by atoms with E-state index in [2.05, 4.69) is 15.6 Å². The molecule has 0 saturated carbocycles. The zero-order chi connectivity index (χ0) is 11.0. The first kappa shape index (κ1) is 9.45. The van der Waals surface area contributed by atoms with E-state index in [1.54, 1.807) is 30.9 Å². The lowest BCUT2D eigenvalue weighted by molar-refractivity contribution is 0.0697. The number of fused-ring (bicyclic) bond motifs is 1. The fourth-order valence-corrected chi connectivity index (χ4v) is 1.44. The minimum absolute atomic E-state index is 0.220. The molecule has 0 fully saturated rings. The number of aromatic carboxylic acids is 1. The fraction of sp³-hybridized carbons (Fsp3) is 0.222. The SMILES string of the molecule is CNc1cc(C(=O)O)cc2c1nnn2C. The molecule has 6 nitrogen and oxygen atoms in total. The predicted molar refractivity (Wildman–Crippen MR) is 55.0 cm³/mol. The van der Waals surface area contributed by atoms with Gasteiger partial charge in [-0.05, 0) is 12.1 Å². The number of aromatic nitrogens is 3. The number of carboxylic acid groups (broad SMARTS) is 1. The summed E-state index contributed by atoms with van der Waals surface area (Å²) in [5, 5.41) is 19.6. The van der Waals surface area contributed by atoms with Crippen molar-refractivity contribution in [3.63, 3.8) is 0 Å². The maximum absolute atomic E-state index is 10.9. The van der Waals surface area contributed by atoms with E-state index in [4.69, 9.17) is 5.11 Å². The van der Waals surface area contributed by atoms with Gasteiger partial charge in [-0.2, -0.15) is 0 Å². The third-order valence-electron chi connectivity index (χ3n) is 2.23. The Morgan fingerprint density at radius 3 is 2.87 bits per heavy atom. The zero-order valence-electron chi connectivity index (χ0n) is 8.35. The van der Waals surface area contributed by atoms with Gasteiger partial charge in [-0.25, -0.2) is 9.48 Å². The van der Waals surface area contributed by atoms with Crippen molar-refractivity contribution in [2.24, 2.45) is 7.05 Å². The molecular weight excluding hydrogens is 196 g/mol. The Balaban J connectivity index is 2.79. The number of carbonyl (C=O) groups is 1. The molecule has 0 aliphatic carbocycles. The van der Waals surface area contributed by atoms with E-state index in [1.807, 2.05) is 0 Å². The van der Waals surface area contributed by atoms with Gasteiger partial charge in [-0.1, -0.05) is 5.21 Å². The van der Waals surface area contributed by atoms with Crippen LogP contribution in [0, 0.1) is 0 Å². The number of anilines is 1. The van der Waals surface area contributed by atoms with Crippen LogP contribution in [0.3, 0.4) is 0 Å². The summed E-state index contributed by atoms with van der Waals surface area (Å²) in [4.78, 5) is 10.9. The maximum atomic E-state index is 10.9. The van der Waals surface area contributed by atoms with Crippen molar-refractivity contribution in [2.45, 2.75) is 0 Å². The Kier molecular flexibility index (Phi) is 2.03. The number of hydrogen-bond acceptors (Lipinski definition) is 4. The van der Waals surface area contributed by atoms with Gasteiger partial charge in [0.2, 0.25) is 0 Å². The van der Waals surface area contributed by atoms with Crippen LogP contribution in [0.1, 0.15) is 10.4 Å². The van der Waals surface area contributed by atoms with Crippen LogP contribution in [0.4, 0.5) is 5.69 Å². The van der Waals surface area contributed by atoms with E-state index >= 15 is 0 Å². The quantitative estimate of drug-likeness (QED) is 0.756. The van der Waals surface area contributed by atoms with E-state index in [9.17, 15) is 4.79 Å². The first-order valence-electron chi connectivity index (χ1n) is 4.38. The minimum atomic E-state index is -0.963. The Hall–Kier alpha value is -2.11. The minimum Gasteiger partial charge on any atom is -0.478 e. The van der Waals surface area contributed by atoms with Crippen molar-refractivity contribution in [3.8, 4) is 0 Å². The van der Waals surface area contributed by atoms with E-state index in [-0.39, 0.29) is 5.56 Å². The Bertz CT molecular complexity index is 532. The summed E-state index contributed by atoms with van der Waals surface area (Å²) in [7, 11) is 3.44. The molecule has 78 valence electrons. The lowest BCUT2D eigenvalue weighted by Crippen LogP contribution is -2.00. The topological polar surface area (TPSA) is 80.0 Å². The molecule has 1 heterocycles. The van der Waals surface area contributed by atoms with Crippen LogP contribution in [0.5, 0.6) is 0 Å². The molecule has 0 amide bonds. The van der Waals surface area contributed by atoms with Crippen LogP contribution in [0.2, 0.25) is 0 Å². The molecule has 15 heavy (non-hydrogen) atoms. The van der Waals surface area contributed by atoms with Crippen molar-refractivity contribution >= 4 is 22.7 Å². The third kappa shape index (κ3) is 1.39. The normalized spacial score (nSPS) is 10.5. The van der Waals surface area contributed by atoms with Gasteiger partial charge in [0.05, 0.1) is 16.8 Å². The van der Waals surface area contributed by atoms with Crippen molar-refractivity contribution in [3.05, 3.63) is 17.7 Å². The summed E-state index contributed by atoms with van der Waals surface area (Å²) < 4.78 is 1.54. The monoisotopic (exact) mass is 206 g/mol. The van der Waals surface area contributed by atoms with E-state index in [1.165, 1.54) is 0 Å². The smallest absolute Gasteiger partial charge is 0.335 e. The van der Waals surface area contributed by atoms with E-state index in [0.717, 1.165) is 0 Å². The van der Waals surface area contributed by atoms with Gasteiger partial charge in [-0.3, -0.25) is 0 Å². The van der Waals surface area contributed by atoms with Crippen molar-refractivity contribution in [2.75, 3.05) is 12.4 Å². The van der Waals surface area contributed by atoms with Crippen LogP contribution in [0.15, 0.2) is 12.1 Å². The van der Waals surface area contributed by atoms with Crippen molar-refractivity contribution in [1.82, 2.24) is 15.0 Å². The summed E-state index contributed by atoms with van der Waals surface area (Å²) >= 11 is 0. The standard InChI is InChI=1S/C9H10N4O2/c1-10-6-3-5(9(14)15)4-7-8(6)11-12-13(7)2/h3-4,10H,1-2H3,(H,14,15). The fourth-order valence-electron chi connectivity index (χ4n) is 1.44. The molecule has 0 bridgehead atoms. The van der Waals surface area contributed by atoms with Crippen LogP contribution in [-0.2, 0) is 7.05 Å². The van der Waals surface area contributed by atoms with Gasteiger partial charge in [0.1, 0.15) is 5.52 Å². The van der Waals surface area contributed by atoms with Crippen molar-refractivity contribution in [1.29, 1.82) is 0 Å². The van der Waals surface area contributed by atoms with Crippen LogP contribution in [-0.4, -0.2) is 33.1 Å². The van der Waals surface area contributed by atoms with Crippen LogP contribution >= 0.6 is 0 Å². The Labute approximate surface area is 85.5 Å². The summed E-state index contributed by atoms with van der Waals surface area (Å²) in [5.74, 6) is -0.963. The summed E-state index contributed by atoms with van der Waals surface area (Å²) in [6.07, 6.45) is 0. The van der Waals surface area contributed by atoms with Gasteiger partial charge in [0.25, 0.3) is 0 Å². The molecule has 0 aliphatic rings. The molecule has 0 spiro atoms. The molecular formula is C9H10N4O2. The first-order valence-corrected chi connectivity index (χ1v) is 4.38. The molecule has 2 rings (SSSR count). The van der Waals surface area contributed by atoms with Gasteiger partial charge < -0.3 is 10.4 Å². The van der Waals surface area contributed by atoms with E-state index < -0.39 is 5.97 Å². The van der Waals surface area contributed by atoms with Gasteiger partial charge in [0, 0.05) is 14.1 Å². The molecule has 0 unspecified atom stereocenters. The zero-order valence-corrected chi connectivity index (χ0v) is 8.35. The predicted octanol–water partition coefficient (Wildman–Crippen LogP) is 0.708. The first-order chi connectivity index (χ1) is 7.13. The number of nitrogens with one attached hydrogen (secondary N) is 1. The molecule has 2 N–H and O–H groups in total. The molecule has 0 saturated heterocycles. The lowest BCUT2D eigenvalue weighted by atomic mass is 10.1. The van der Waals surface area contributed by atoms with Gasteiger partial charge >= 0.3 is 5.97 Å². The summed E-state index contributed by atoms with van der Waals surface area (Å²) in [5.41, 5.74) is 2.25. The number of hydrogen-bond donors (Lipinski definition) is 2. The Morgan fingerprint density at radius 1 is 1.53 bits per heavy atom. The number of rotatable bonds is 2. The molecule has 2 aromatic rings. The van der Waals surface area contributed by atoms with Gasteiger partial charge in [-0.15, -0.1) is 5.10 Å². The molecule has 6 heteroatoms. The molecule has 1 aromatic carbocycles. The highest BCUT2D eigenvalue weighted by atomic mass is 16.4. The van der Waals surface area contributed by atoms with Gasteiger partial charge in [0.15, 0.2) is 0 Å². The largest absolute Gasteiger partial charge is 0.478 e. The number of benzene rings is 1. The highest BCUT2D eigenvalue weighted by Gasteiger charge is 2.12. The highest BCUT2D eigenvalue weighted by molar-refractivity contribution is 5.97. The van der Waals surface area contributed by atoms with E-state index in [0.29, 0.717) is 16.7 Å². The van der Waals surface area contributed by atoms with Crippen molar-refractivity contribution < 1.29 is 9.90 Å². The summed E-state index contributed by atoms with van der Waals surface area (Å²) in [6.45, 7) is 0. The maximum Gasteiger partial charge on any atom is 0.335 e. The Morgan fingerprint density at radius 2 is 2.27 bits per heavy atom. The molecule has 1 aromatic heterocycles. The third-order valence-corrected chi connectivity index (χ3v) is 2.23. The van der Waals surface area contributed by atoms with Crippen LogP contribution in [0.25, 0.3) is 11.0 Å². The number of aryl methyl sites for hydroxylation is 1. The lowest BCUT2D eigenvalue weighted by Gasteiger charge is -2.03. The second kappa shape index (κ2) is 3.23. The summed E-state index contributed by atoms with van der Waals surface area (Å²) in [6, 6.07) is 3.10. The second-order valence-electron chi connectivity index (χ2n) is 3.16. The highest BCUT2D eigenvalue weighted by Crippen LogP contribution is 2.22. The number of nitrogens with zero attached hydrogens (tertiary/aromatic N) is 3. The average molecular weight is 206 g/mol. The molecule has 0 radical (unpaired) electrons. The molecule has 0 atom stereocenters.